The highest BCUT2D eigenvalue weighted by Gasteiger charge is 2.40. The van der Waals surface area contributed by atoms with Crippen molar-refractivity contribution in [2.24, 2.45) is 5.11 Å². The lowest BCUT2D eigenvalue weighted by Crippen LogP contribution is -2.57. The second-order valence-electron chi connectivity index (χ2n) is 16.8. The average molecular weight is 975 g/mol. The molecule has 72 heavy (non-hydrogen) atoms. The molecule has 0 fully saturated rings. The summed E-state index contributed by atoms with van der Waals surface area (Å²) in [5, 5.41) is 36.1. The number of amides is 5. The molecule has 0 aliphatic heterocycles. The van der Waals surface area contributed by atoms with Crippen LogP contribution in [-0.2, 0) is 39.0 Å². The lowest BCUT2D eigenvalue weighted by molar-refractivity contribution is -0.142. The van der Waals surface area contributed by atoms with E-state index in [2.05, 4.69) is 43.2 Å². The number of azide groups is 1. The Balaban J connectivity index is 1.25. The maximum absolute atomic E-state index is 14.7. The first-order valence-corrected chi connectivity index (χ1v) is 23.0. The van der Waals surface area contributed by atoms with Crippen molar-refractivity contribution in [2.45, 2.75) is 74.3 Å². The van der Waals surface area contributed by atoms with Crippen LogP contribution >= 0.6 is 0 Å². The number of carbonyl (C=O) groups excluding carboxylic acids is 5. The van der Waals surface area contributed by atoms with Crippen molar-refractivity contribution in [3.05, 3.63) is 203 Å². The summed E-state index contributed by atoms with van der Waals surface area (Å²) in [6.07, 6.45) is 1.43. The van der Waals surface area contributed by atoms with E-state index in [0.717, 1.165) is 22.3 Å². The molecule has 18 heteroatoms. The van der Waals surface area contributed by atoms with Gasteiger partial charge in [0.1, 0.15) is 42.4 Å². The highest BCUT2D eigenvalue weighted by molar-refractivity contribution is 5.96. The number of fused-ring (bicyclic) bond motifs is 3. The molecule has 0 unspecified atom stereocenters. The molecule has 18 nitrogen and oxygen atoms in total. The molecule has 0 heterocycles. The van der Waals surface area contributed by atoms with E-state index in [4.69, 9.17) is 10.3 Å². The van der Waals surface area contributed by atoms with Crippen LogP contribution in [0.15, 0.2) is 169 Å². The number of benzene rings is 5. The zero-order valence-electron chi connectivity index (χ0n) is 39.2. The largest absolute Gasteiger partial charge is 0.480 e. The fourth-order valence-corrected chi connectivity index (χ4v) is 8.49. The third kappa shape index (κ3) is 13.0. The number of carboxylic acid groups (broad SMARTS) is 2. The van der Waals surface area contributed by atoms with E-state index in [1.54, 1.807) is 0 Å². The summed E-state index contributed by atoms with van der Waals surface area (Å²) < 4.78 is 5.71. The van der Waals surface area contributed by atoms with Crippen molar-refractivity contribution >= 4 is 41.7 Å². The van der Waals surface area contributed by atoms with Crippen molar-refractivity contribution in [3.8, 4) is 11.1 Å². The zero-order valence-corrected chi connectivity index (χ0v) is 39.2. The smallest absolute Gasteiger partial charge is 0.407 e. The fourth-order valence-electron chi connectivity index (χ4n) is 8.49. The second-order valence-corrected chi connectivity index (χ2v) is 16.8. The van der Waals surface area contributed by atoms with Crippen molar-refractivity contribution in [2.75, 3.05) is 6.61 Å². The van der Waals surface area contributed by atoms with Gasteiger partial charge in [-0.2, -0.15) is 0 Å². The number of hydrogen-bond acceptors (Lipinski definition) is 9. The molecule has 5 atom stereocenters. The predicted molar refractivity (Wildman–Crippen MR) is 267 cm³/mol. The van der Waals surface area contributed by atoms with Gasteiger partial charge in [0.25, 0.3) is 0 Å². The molecule has 6 rings (SSSR count). The number of hydrogen-bond donors (Lipinski definition) is 7. The first-order chi connectivity index (χ1) is 34.8. The van der Waals surface area contributed by atoms with Crippen LogP contribution in [0.5, 0.6) is 0 Å². The van der Waals surface area contributed by atoms with Gasteiger partial charge >= 0.3 is 18.0 Å². The lowest BCUT2D eigenvalue weighted by atomic mass is 9.77. The Morgan fingerprint density at radius 1 is 0.625 bits per heavy atom. The fraction of sp³-hybridized carbons (Fsp3) is 0.241. The Morgan fingerprint density at radius 2 is 1.06 bits per heavy atom. The van der Waals surface area contributed by atoms with Gasteiger partial charge in [-0.3, -0.25) is 19.2 Å². The molecule has 5 aromatic carbocycles. The van der Waals surface area contributed by atoms with E-state index in [9.17, 15) is 43.8 Å². The van der Waals surface area contributed by atoms with Gasteiger partial charge in [0, 0.05) is 10.8 Å². The van der Waals surface area contributed by atoms with Crippen LogP contribution in [-0.4, -0.2) is 88.7 Å². The van der Waals surface area contributed by atoms with E-state index < -0.39 is 90.3 Å². The quantitative estimate of drug-likeness (QED) is 0.0114. The van der Waals surface area contributed by atoms with E-state index in [1.807, 2.05) is 140 Å². The number of alkyl carbamates (subject to hydrolysis) is 1. The highest BCUT2D eigenvalue weighted by Crippen LogP contribution is 2.44. The van der Waals surface area contributed by atoms with Gasteiger partial charge in [0.15, 0.2) is 0 Å². The Bertz CT molecular complexity index is 2700. The lowest BCUT2D eigenvalue weighted by Gasteiger charge is -2.37. The van der Waals surface area contributed by atoms with E-state index in [-0.39, 0.29) is 25.4 Å². The molecule has 0 saturated heterocycles. The summed E-state index contributed by atoms with van der Waals surface area (Å²) in [5.41, 5.74) is 13.2. The molecule has 370 valence electrons. The molecular formula is C54H54N8O10. The number of rotatable bonds is 24. The number of nitrogens with zero attached hydrogens (tertiary/aromatic N) is 3. The predicted octanol–water partition coefficient (Wildman–Crippen LogP) is 6.63. The van der Waals surface area contributed by atoms with Crippen LogP contribution in [0.3, 0.4) is 0 Å². The van der Waals surface area contributed by atoms with Crippen LogP contribution < -0.4 is 26.6 Å². The number of carbonyl (C=O) groups is 7. The first kappa shape index (κ1) is 52.4. The van der Waals surface area contributed by atoms with Crippen LogP contribution in [0.2, 0.25) is 0 Å². The number of ether oxygens (including phenoxy) is 1. The third-order valence-electron chi connectivity index (χ3n) is 12.1. The van der Waals surface area contributed by atoms with Gasteiger partial charge in [-0.25, -0.2) is 14.4 Å². The molecule has 0 aromatic heterocycles. The molecule has 0 saturated carbocycles. The number of aliphatic carboxylic acids is 2. The summed E-state index contributed by atoms with van der Waals surface area (Å²) in [7, 11) is 0. The van der Waals surface area contributed by atoms with Crippen molar-refractivity contribution in [1.29, 1.82) is 0 Å². The molecule has 7 N–H and O–H groups in total. The number of nitrogens with one attached hydrogen (secondary N) is 5. The van der Waals surface area contributed by atoms with Gasteiger partial charge in [0.05, 0.1) is 6.42 Å². The van der Waals surface area contributed by atoms with E-state index in [0.29, 0.717) is 16.7 Å². The third-order valence-corrected chi connectivity index (χ3v) is 12.1. The van der Waals surface area contributed by atoms with Gasteiger partial charge < -0.3 is 41.5 Å². The molecule has 5 aromatic rings. The molecule has 1 aliphatic carbocycles. The minimum Gasteiger partial charge on any atom is -0.480 e. The molecule has 1 aliphatic rings. The molecular weight excluding hydrogens is 921 g/mol. The SMILES string of the molecule is C=CC[C@H](NC(=O)OCC1c2ccccc2-c2ccccc21)C(=O)N[C@@H](CC(=O)NC(c1ccccc1)(c1ccccc1)c1ccccc1)C(=O)N[C@@H](C/C=C/C[C@H](NC(=O)[C@H](C)N=[N+]=[N-])C(=O)O)C(=O)O. The normalized spacial score (nSPS) is 13.8. The summed E-state index contributed by atoms with van der Waals surface area (Å²) in [5.74, 6) is -6.79. The van der Waals surface area contributed by atoms with Crippen molar-refractivity contribution < 1.29 is 48.5 Å². The van der Waals surface area contributed by atoms with Crippen molar-refractivity contribution in [3.63, 3.8) is 0 Å². The van der Waals surface area contributed by atoms with Gasteiger partial charge in [-0.05, 0) is 70.7 Å². The van der Waals surface area contributed by atoms with Crippen LogP contribution in [0.4, 0.5) is 4.79 Å². The Hall–Kier alpha value is -9.02. The maximum atomic E-state index is 14.7. The Kier molecular flexibility index (Phi) is 18.2. The first-order valence-electron chi connectivity index (χ1n) is 23.0. The summed E-state index contributed by atoms with van der Waals surface area (Å²) in [4.78, 5) is 96.1. The minimum atomic E-state index is -1.75. The summed E-state index contributed by atoms with van der Waals surface area (Å²) in [6, 6.07) is 35.4. The van der Waals surface area contributed by atoms with Crippen LogP contribution in [0, 0.1) is 0 Å². The van der Waals surface area contributed by atoms with Crippen LogP contribution in [0.1, 0.15) is 66.3 Å². The number of carboxylic acids is 2. The van der Waals surface area contributed by atoms with Gasteiger partial charge in [-0.1, -0.05) is 163 Å². The standard InChI is InChI=1S/C54H54N8O10/c1-3-19-43(59-53(71)72-33-42-40-28-15-13-26-38(40)39-27-14-16-29-41(39)42)49(65)58-46(50(66)57-45(52(69)70)31-18-17-30-44(51(67)68)56-48(64)34(2)61-62-55)32-47(63)60-54(35-20-7-4-8-21-35,36-22-9-5-10-23-36)37-24-11-6-12-25-37/h3-18,20-29,34,42-46H,1,19,30-33H2,2H3,(H,56,64)(H,57,66)(H,58,65)(H,59,71)(H,60,63)(H,67,68)(H,69,70)/b18-17+/t34-,43-,44-,45-,46-/m0/s1. The average Bonchev–Trinajstić information content (AvgIpc) is 3.71. The minimum absolute atomic E-state index is 0.0628. The zero-order chi connectivity index (χ0) is 51.6. The van der Waals surface area contributed by atoms with E-state index >= 15 is 0 Å². The highest BCUT2D eigenvalue weighted by atomic mass is 16.5. The molecule has 5 amide bonds. The summed E-state index contributed by atoms with van der Waals surface area (Å²) in [6.45, 7) is 4.94. The van der Waals surface area contributed by atoms with Gasteiger partial charge in [0.2, 0.25) is 23.6 Å². The second kappa shape index (κ2) is 25.0. The molecule has 0 spiro atoms. The molecule has 0 radical (unpaired) electrons. The Morgan fingerprint density at radius 3 is 1.51 bits per heavy atom. The van der Waals surface area contributed by atoms with Crippen molar-refractivity contribution in [1.82, 2.24) is 26.6 Å². The topological polar surface area (TPSA) is 278 Å². The molecule has 0 bridgehead atoms. The monoisotopic (exact) mass is 974 g/mol. The maximum Gasteiger partial charge on any atom is 0.407 e. The Labute approximate surface area is 415 Å². The van der Waals surface area contributed by atoms with E-state index in [1.165, 1.54) is 25.2 Å². The van der Waals surface area contributed by atoms with Crippen LogP contribution in [0.25, 0.3) is 21.6 Å². The van der Waals surface area contributed by atoms with Gasteiger partial charge in [-0.15, -0.1) is 6.58 Å². The summed E-state index contributed by atoms with van der Waals surface area (Å²) >= 11 is 0.